The van der Waals surface area contributed by atoms with Crippen LogP contribution in [-0.2, 0) is 0 Å². The molecule has 2 heterocycles. The lowest BCUT2D eigenvalue weighted by atomic mass is 10.1. The predicted molar refractivity (Wildman–Crippen MR) is 108 cm³/mol. The highest BCUT2D eigenvalue weighted by atomic mass is 35.5. The summed E-state index contributed by atoms with van der Waals surface area (Å²) in [4.78, 5) is 0. The molecule has 0 spiro atoms. The Hall–Kier alpha value is -3.08. The zero-order valence-electron chi connectivity index (χ0n) is 16.7. The molecule has 0 fully saturated rings. The maximum atomic E-state index is 5.31. The van der Waals surface area contributed by atoms with Crippen molar-refractivity contribution in [1.29, 1.82) is 0 Å². The normalized spacial score (nSPS) is 9.80. The van der Waals surface area contributed by atoms with E-state index < -0.39 is 0 Å². The van der Waals surface area contributed by atoms with Gasteiger partial charge in [-0.3, -0.25) is 0 Å². The smallest absolute Gasteiger partial charge is 0.214 e. The van der Waals surface area contributed by atoms with Crippen LogP contribution in [0.4, 0.5) is 0 Å². The van der Waals surface area contributed by atoms with Crippen LogP contribution in [0.25, 0.3) is 22.5 Å². The Balaban J connectivity index is 0.00000160. The Kier molecular flexibility index (Phi) is 8.22. The first-order valence-corrected chi connectivity index (χ1v) is 9.09. The van der Waals surface area contributed by atoms with E-state index in [1.807, 2.05) is 36.4 Å². The molecule has 0 unspecified atom stereocenters. The number of methoxy groups -OCH3 is 2. The fourth-order valence-electron chi connectivity index (χ4n) is 3.12. The third-order valence-corrected chi connectivity index (χ3v) is 4.70. The highest BCUT2D eigenvalue weighted by Crippen LogP contribution is 2.18. The van der Waals surface area contributed by atoms with Crippen LogP contribution in [0, 0.1) is 0 Å². The number of benzene rings is 2. The van der Waals surface area contributed by atoms with Gasteiger partial charge in [-0.1, -0.05) is 12.1 Å². The number of nitrogens with zero attached hydrogens (tertiary/aromatic N) is 2. The SMILES string of the molecule is COc1cccc(-[n+]2ccc(-c3cc[n+](-c4cccc(OC)c4)cc3)cc2)c1.[Cl-].[Cl-]. The summed E-state index contributed by atoms with van der Waals surface area (Å²) in [5.41, 5.74) is 4.46. The van der Waals surface area contributed by atoms with Gasteiger partial charge in [-0.05, 0) is 23.3 Å². The van der Waals surface area contributed by atoms with Crippen LogP contribution in [0.15, 0.2) is 97.6 Å². The molecule has 0 aliphatic heterocycles. The third-order valence-electron chi connectivity index (χ3n) is 4.70. The number of hydrogen-bond acceptors (Lipinski definition) is 2. The molecule has 154 valence electrons. The Morgan fingerprint density at radius 3 is 1.23 bits per heavy atom. The fraction of sp³-hybridized carbons (Fsp3) is 0.0833. The quantitative estimate of drug-likeness (QED) is 0.333. The summed E-state index contributed by atoms with van der Waals surface area (Å²) in [6.45, 7) is 0. The Labute approximate surface area is 189 Å². The molecule has 30 heavy (non-hydrogen) atoms. The summed E-state index contributed by atoms with van der Waals surface area (Å²) < 4.78 is 14.8. The maximum Gasteiger partial charge on any atom is 0.214 e. The summed E-state index contributed by atoms with van der Waals surface area (Å²) in [5, 5.41) is 0. The highest BCUT2D eigenvalue weighted by Gasteiger charge is 2.10. The van der Waals surface area contributed by atoms with Crippen LogP contribution < -0.4 is 43.4 Å². The van der Waals surface area contributed by atoms with Gasteiger partial charge in [-0.15, -0.1) is 0 Å². The minimum absolute atomic E-state index is 0. The van der Waals surface area contributed by atoms with E-state index in [1.165, 1.54) is 0 Å². The van der Waals surface area contributed by atoms with E-state index >= 15 is 0 Å². The average molecular weight is 441 g/mol. The van der Waals surface area contributed by atoms with Gasteiger partial charge in [0.1, 0.15) is 11.5 Å². The molecule has 4 nitrogen and oxygen atoms in total. The fourth-order valence-corrected chi connectivity index (χ4v) is 3.12. The molecule has 2 aromatic carbocycles. The minimum atomic E-state index is 0. The molecule has 0 aliphatic carbocycles. The van der Waals surface area contributed by atoms with Crippen LogP contribution in [0.2, 0.25) is 0 Å². The first-order valence-electron chi connectivity index (χ1n) is 9.09. The summed E-state index contributed by atoms with van der Waals surface area (Å²) in [6, 6.07) is 24.5. The first kappa shape index (κ1) is 23.2. The van der Waals surface area contributed by atoms with Crippen molar-refractivity contribution in [2.75, 3.05) is 14.2 Å². The number of pyridine rings is 2. The van der Waals surface area contributed by atoms with Crippen LogP contribution in [0.5, 0.6) is 11.5 Å². The van der Waals surface area contributed by atoms with Crippen molar-refractivity contribution < 1.29 is 43.4 Å². The van der Waals surface area contributed by atoms with Crippen molar-refractivity contribution in [1.82, 2.24) is 0 Å². The Morgan fingerprint density at radius 1 is 0.533 bits per heavy atom. The van der Waals surface area contributed by atoms with Crippen molar-refractivity contribution >= 4 is 0 Å². The molecule has 2 aromatic heterocycles. The molecule has 4 aromatic rings. The van der Waals surface area contributed by atoms with Crippen LogP contribution in [0.3, 0.4) is 0 Å². The van der Waals surface area contributed by atoms with Gasteiger partial charge in [0.05, 0.1) is 26.4 Å². The molecule has 0 N–H and O–H groups in total. The maximum absolute atomic E-state index is 5.31. The monoisotopic (exact) mass is 440 g/mol. The molecule has 0 amide bonds. The zero-order valence-corrected chi connectivity index (χ0v) is 18.2. The van der Waals surface area contributed by atoms with Gasteiger partial charge in [0.2, 0.25) is 11.4 Å². The molecule has 0 atom stereocenters. The lowest BCUT2D eigenvalue weighted by Crippen LogP contribution is -3.00. The van der Waals surface area contributed by atoms with Gasteiger partial charge in [-0.25, -0.2) is 0 Å². The van der Waals surface area contributed by atoms with E-state index in [1.54, 1.807) is 14.2 Å². The molecule has 0 saturated carbocycles. The number of rotatable bonds is 5. The van der Waals surface area contributed by atoms with Crippen LogP contribution >= 0.6 is 0 Å². The summed E-state index contributed by atoms with van der Waals surface area (Å²) in [5.74, 6) is 1.69. The van der Waals surface area contributed by atoms with E-state index in [9.17, 15) is 0 Å². The van der Waals surface area contributed by atoms with E-state index in [2.05, 4.69) is 70.3 Å². The number of ether oxygens (including phenoxy) is 2. The van der Waals surface area contributed by atoms with Gasteiger partial charge < -0.3 is 34.3 Å². The summed E-state index contributed by atoms with van der Waals surface area (Å²) in [6.07, 6.45) is 8.25. The van der Waals surface area contributed by atoms with Gasteiger partial charge in [0, 0.05) is 36.4 Å². The summed E-state index contributed by atoms with van der Waals surface area (Å²) in [7, 11) is 3.36. The van der Waals surface area contributed by atoms with Crippen molar-refractivity contribution in [2.45, 2.75) is 0 Å². The molecule has 6 heteroatoms. The van der Waals surface area contributed by atoms with Crippen molar-refractivity contribution in [3.8, 4) is 34.0 Å². The third kappa shape index (κ3) is 5.09. The zero-order chi connectivity index (χ0) is 19.3. The molecular formula is C24H22Cl2N2O2. The first-order chi connectivity index (χ1) is 13.8. The van der Waals surface area contributed by atoms with Crippen LogP contribution in [-0.4, -0.2) is 14.2 Å². The average Bonchev–Trinajstić information content (AvgIpc) is 2.79. The van der Waals surface area contributed by atoms with E-state index in [0.29, 0.717) is 0 Å². The second-order valence-electron chi connectivity index (χ2n) is 6.39. The van der Waals surface area contributed by atoms with Gasteiger partial charge in [-0.2, -0.15) is 9.13 Å². The minimum Gasteiger partial charge on any atom is -1.00 e. The highest BCUT2D eigenvalue weighted by molar-refractivity contribution is 5.61. The van der Waals surface area contributed by atoms with Crippen LogP contribution in [0.1, 0.15) is 0 Å². The number of hydrogen-bond donors (Lipinski definition) is 0. The molecular weight excluding hydrogens is 419 g/mol. The van der Waals surface area contributed by atoms with E-state index in [-0.39, 0.29) is 24.8 Å². The lowest BCUT2D eigenvalue weighted by molar-refractivity contribution is -0.596. The largest absolute Gasteiger partial charge is 1.00 e. The predicted octanol–water partition coefficient (Wildman–Crippen LogP) is -2.07. The van der Waals surface area contributed by atoms with Crippen molar-refractivity contribution in [3.05, 3.63) is 97.6 Å². The second kappa shape index (κ2) is 10.6. The molecule has 0 aliphatic rings. The number of halogens is 2. The van der Waals surface area contributed by atoms with Crippen molar-refractivity contribution in [2.24, 2.45) is 0 Å². The van der Waals surface area contributed by atoms with Gasteiger partial charge in [0.25, 0.3) is 0 Å². The second-order valence-corrected chi connectivity index (χ2v) is 6.39. The molecule has 0 bridgehead atoms. The van der Waals surface area contributed by atoms with Gasteiger partial charge in [0.15, 0.2) is 24.8 Å². The Morgan fingerprint density at radius 2 is 0.900 bits per heavy atom. The summed E-state index contributed by atoms with van der Waals surface area (Å²) >= 11 is 0. The Bertz CT molecular complexity index is 996. The van der Waals surface area contributed by atoms with Gasteiger partial charge >= 0.3 is 0 Å². The molecule has 4 rings (SSSR count). The van der Waals surface area contributed by atoms with Crippen molar-refractivity contribution in [3.63, 3.8) is 0 Å². The topological polar surface area (TPSA) is 26.2 Å². The number of aromatic nitrogens is 2. The van der Waals surface area contributed by atoms with E-state index in [4.69, 9.17) is 9.47 Å². The molecule has 0 saturated heterocycles. The van der Waals surface area contributed by atoms with E-state index in [0.717, 1.165) is 34.0 Å². The molecule has 0 radical (unpaired) electrons. The standard InChI is InChI=1S/C24H22N2O2.2ClH/c1-27-23-7-3-5-21(17-23)25-13-9-19(10-14-25)20-11-15-26(16-12-20)22-6-4-8-24(18-22)28-2;;/h3-18H,1-2H3;2*1H/q+2;;/p-2. The lowest BCUT2D eigenvalue weighted by Gasteiger charge is -2.03.